The van der Waals surface area contributed by atoms with Gasteiger partial charge in [0.05, 0.1) is 0 Å². The molecule has 0 amide bonds. The normalized spacial score (nSPS) is 16.0. The average molecular weight is 244 g/mol. The van der Waals surface area contributed by atoms with Crippen molar-refractivity contribution in [1.82, 2.24) is 5.32 Å². The van der Waals surface area contributed by atoms with E-state index in [4.69, 9.17) is 10.00 Å². The van der Waals surface area contributed by atoms with E-state index in [9.17, 15) is 0 Å². The van der Waals surface area contributed by atoms with Gasteiger partial charge in [-0.3, -0.25) is 0 Å². The molecular formula is C15H20N2O. The quantitative estimate of drug-likeness (QED) is 0.802. The van der Waals surface area contributed by atoms with Crippen molar-refractivity contribution >= 4 is 0 Å². The van der Waals surface area contributed by atoms with Crippen LogP contribution in [0.25, 0.3) is 0 Å². The van der Waals surface area contributed by atoms with Gasteiger partial charge in [0.2, 0.25) is 0 Å². The fraction of sp³-hybridized carbons (Fsp3) is 0.533. The third-order valence-electron chi connectivity index (χ3n) is 3.47. The van der Waals surface area contributed by atoms with E-state index in [0.717, 1.165) is 36.2 Å². The van der Waals surface area contributed by atoms with E-state index in [2.05, 4.69) is 12.2 Å². The van der Waals surface area contributed by atoms with Gasteiger partial charge in [-0.15, -0.1) is 0 Å². The Hall–Kier alpha value is -1.53. The smallest absolute Gasteiger partial charge is 0.174 e. The first-order valence-electron chi connectivity index (χ1n) is 6.59. The van der Waals surface area contributed by atoms with Crippen molar-refractivity contribution < 1.29 is 4.74 Å². The molecule has 1 aliphatic rings. The Kier molecular flexibility index (Phi) is 4.60. The SMILES string of the molecule is CC(CNCc1ccccc1OCC#N)C1CC1. The Morgan fingerprint density at radius 1 is 1.44 bits per heavy atom. The minimum Gasteiger partial charge on any atom is -0.478 e. The summed E-state index contributed by atoms with van der Waals surface area (Å²) in [6.07, 6.45) is 2.79. The molecule has 0 heterocycles. The zero-order chi connectivity index (χ0) is 12.8. The Balaban J connectivity index is 1.82. The van der Waals surface area contributed by atoms with Gasteiger partial charge in [-0.2, -0.15) is 5.26 Å². The lowest BCUT2D eigenvalue weighted by Gasteiger charge is -2.13. The van der Waals surface area contributed by atoms with Crippen LogP contribution in [0.15, 0.2) is 24.3 Å². The molecule has 1 aliphatic carbocycles. The molecule has 1 atom stereocenters. The number of nitriles is 1. The maximum Gasteiger partial charge on any atom is 0.174 e. The number of nitrogens with one attached hydrogen (secondary N) is 1. The van der Waals surface area contributed by atoms with E-state index in [1.165, 1.54) is 12.8 Å². The molecular weight excluding hydrogens is 224 g/mol. The Labute approximate surface area is 109 Å². The molecule has 1 unspecified atom stereocenters. The molecule has 0 bridgehead atoms. The van der Waals surface area contributed by atoms with Gasteiger partial charge in [0.15, 0.2) is 6.61 Å². The van der Waals surface area contributed by atoms with Crippen LogP contribution < -0.4 is 10.1 Å². The summed E-state index contributed by atoms with van der Waals surface area (Å²) in [4.78, 5) is 0. The van der Waals surface area contributed by atoms with Crippen LogP contribution in [0.4, 0.5) is 0 Å². The Morgan fingerprint density at radius 3 is 2.94 bits per heavy atom. The fourth-order valence-corrected chi connectivity index (χ4v) is 2.17. The third kappa shape index (κ3) is 3.75. The van der Waals surface area contributed by atoms with Crippen molar-refractivity contribution in [3.05, 3.63) is 29.8 Å². The summed E-state index contributed by atoms with van der Waals surface area (Å²) < 4.78 is 5.40. The molecule has 0 spiro atoms. The second kappa shape index (κ2) is 6.42. The van der Waals surface area contributed by atoms with Crippen LogP contribution in [-0.4, -0.2) is 13.2 Å². The Morgan fingerprint density at radius 2 is 2.22 bits per heavy atom. The van der Waals surface area contributed by atoms with Gasteiger partial charge in [0.1, 0.15) is 11.8 Å². The summed E-state index contributed by atoms with van der Waals surface area (Å²) in [7, 11) is 0. The van der Waals surface area contributed by atoms with Crippen LogP contribution in [-0.2, 0) is 6.54 Å². The highest BCUT2D eigenvalue weighted by atomic mass is 16.5. The molecule has 1 saturated carbocycles. The second-order valence-corrected chi connectivity index (χ2v) is 5.00. The molecule has 18 heavy (non-hydrogen) atoms. The summed E-state index contributed by atoms with van der Waals surface area (Å²) in [5.74, 6) is 2.50. The van der Waals surface area contributed by atoms with Crippen LogP contribution in [0.2, 0.25) is 0 Å². The van der Waals surface area contributed by atoms with E-state index in [0.29, 0.717) is 0 Å². The van der Waals surface area contributed by atoms with Crippen molar-refractivity contribution in [2.75, 3.05) is 13.2 Å². The van der Waals surface area contributed by atoms with E-state index >= 15 is 0 Å². The maximum atomic E-state index is 8.54. The number of rotatable bonds is 7. The summed E-state index contributed by atoms with van der Waals surface area (Å²) in [6, 6.07) is 9.89. The lowest BCUT2D eigenvalue weighted by molar-refractivity contribution is 0.361. The van der Waals surface area contributed by atoms with Gasteiger partial charge in [0, 0.05) is 12.1 Å². The number of benzene rings is 1. The summed E-state index contributed by atoms with van der Waals surface area (Å²) in [5.41, 5.74) is 1.12. The first-order chi connectivity index (χ1) is 8.81. The summed E-state index contributed by atoms with van der Waals surface area (Å²) >= 11 is 0. The van der Waals surface area contributed by atoms with E-state index in [1.54, 1.807) is 0 Å². The van der Waals surface area contributed by atoms with Crippen LogP contribution in [0.3, 0.4) is 0 Å². The number of hydrogen-bond donors (Lipinski definition) is 1. The number of para-hydroxylation sites is 1. The molecule has 0 aliphatic heterocycles. The predicted molar refractivity (Wildman–Crippen MR) is 71.1 cm³/mol. The number of nitrogens with zero attached hydrogens (tertiary/aromatic N) is 1. The van der Waals surface area contributed by atoms with E-state index < -0.39 is 0 Å². The molecule has 3 nitrogen and oxygen atoms in total. The topological polar surface area (TPSA) is 45.0 Å². The van der Waals surface area contributed by atoms with Gasteiger partial charge in [-0.1, -0.05) is 25.1 Å². The van der Waals surface area contributed by atoms with Gasteiger partial charge in [-0.25, -0.2) is 0 Å². The highest BCUT2D eigenvalue weighted by Crippen LogP contribution is 2.36. The Bertz CT molecular complexity index is 421. The molecule has 0 aromatic heterocycles. The largest absolute Gasteiger partial charge is 0.478 e. The highest BCUT2D eigenvalue weighted by molar-refractivity contribution is 5.33. The van der Waals surface area contributed by atoms with E-state index in [1.807, 2.05) is 30.3 Å². The van der Waals surface area contributed by atoms with Crippen LogP contribution in [0, 0.1) is 23.2 Å². The lowest BCUT2D eigenvalue weighted by atomic mass is 10.1. The van der Waals surface area contributed by atoms with Crippen molar-refractivity contribution in [2.24, 2.45) is 11.8 Å². The summed E-state index contributed by atoms with van der Waals surface area (Å²) in [5, 5.41) is 12.0. The van der Waals surface area contributed by atoms with Gasteiger partial charge in [0.25, 0.3) is 0 Å². The molecule has 1 aromatic rings. The van der Waals surface area contributed by atoms with Crippen molar-refractivity contribution in [3.8, 4) is 11.8 Å². The molecule has 96 valence electrons. The van der Waals surface area contributed by atoms with Gasteiger partial charge < -0.3 is 10.1 Å². The van der Waals surface area contributed by atoms with Crippen molar-refractivity contribution in [2.45, 2.75) is 26.3 Å². The first kappa shape index (κ1) is 12.9. The standard InChI is InChI=1S/C15H20N2O/c1-12(13-6-7-13)10-17-11-14-4-2-3-5-15(14)18-9-8-16/h2-5,12-13,17H,6-7,9-11H2,1H3. The lowest BCUT2D eigenvalue weighted by Crippen LogP contribution is -2.22. The summed E-state index contributed by atoms with van der Waals surface area (Å²) in [6.45, 7) is 4.27. The molecule has 0 saturated heterocycles. The zero-order valence-corrected chi connectivity index (χ0v) is 10.9. The van der Waals surface area contributed by atoms with Crippen molar-refractivity contribution in [1.29, 1.82) is 5.26 Å². The average Bonchev–Trinajstić information content (AvgIpc) is 3.22. The van der Waals surface area contributed by atoms with Crippen LogP contribution in [0.1, 0.15) is 25.3 Å². The molecule has 1 fully saturated rings. The van der Waals surface area contributed by atoms with Gasteiger partial charge >= 0.3 is 0 Å². The predicted octanol–water partition coefficient (Wildman–Crippen LogP) is 2.72. The fourth-order valence-electron chi connectivity index (χ4n) is 2.17. The number of hydrogen-bond acceptors (Lipinski definition) is 3. The van der Waals surface area contributed by atoms with Crippen LogP contribution in [0.5, 0.6) is 5.75 Å². The first-order valence-corrected chi connectivity index (χ1v) is 6.59. The molecule has 0 radical (unpaired) electrons. The molecule has 1 aromatic carbocycles. The highest BCUT2D eigenvalue weighted by Gasteiger charge is 2.27. The maximum absolute atomic E-state index is 8.54. The molecule has 3 heteroatoms. The molecule has 1 N–H and O–H groups in total. The molecule has 2 rings (SSSR count). The zero-order valence-electron chi connectivity index (χ0n) is 10.9. The van der Waals surface area contributed by atoms with Crippen molar-refractivity contribution in [3.63, 3.8) is 0 Å². The van der Waals surface area contributed by atoms with Crippen LogP contribution >= 0.6 is 0 Å². The number of ether oxygens (including phenoxy) is 1. The minimum atomic E-state index is 0.107. The minimum absolute atomic E-state index is 0.107. The van der Waals surface area contributed by atoms with Gasteiger partial charge in [-0.05, 0) is 37.3 Å². The monoisotopic (exact) mass is 244 g/mol. The second-order valence-electron chi connectivity index (χ2n) is 5.00. The third-order valence-corrected chi connectivity index (χ3v) is 3.47. The van der Waals surface area contributed by atoms with E-state index in [-0.39, 0.29) is 6.61 Å².